The van der Waals surface area contributed by atoms with Crippen LogP contribution < -0.4 is 4.90 Å². The number of sulfonamides is 1. The van der Waals surface area contributed by atoms with Crippen LogP contribution in [0.25, 0.3) is 0 Å². The summed E-state index contributed by atoms with van der Waals surface area (Å²) in [7, 11) is -3.58. The maximum Gasteiger partial charge on any atom is 0.243 e. The lowest BCUT2D eigenvalue weighted by Gasteiger charge is -2.25. The van der Waals surface area contributed by atoms with Gasteiger partial charge in [-0.25, -0.2) is 8.42 Å². The highest BCUT2D eigenvalue weighted by Gasteiger charge is 2.37. The van der Waals surface area contributed by atoms with Crippen LogP contribution in [0.15, 0.2) is 53.4 Å². The lowest BCUT2D eigenvalue weighted by Crippen LogP contribution is -2.37. The van der Waals surface area contributed by atoms with E-state index >= 15 is 0 Å². The second-order valence-corrected chi connectivity index (χ2v) is 10.5. The molecule has 0 saturated carbocycles. The molecule has 3 rings (SSSR count). The van der Waals surface area contributed by atoms with Gasteiger partial charge >= 0.3 is 0 Å². The van der Waals surface area contributed by atoms with Crippen molar-refractivity contribution in [2.75, 3.05) is 31.1 Å². The summed E-state index contributed by atoms with van der Waals surface area (Å²) < 4.78 is 26.9. The summed E-state index contributed by atoms with van der Waals surface area (Å²) in [5.74, 6) is -0.697. The highest BCUT2D eigenvalue weighted by Crippen LogP contribution is 2.28. The normalized spacial score (nSPS) is 15.9. The summed E-state index contributed by atoms with van der Waals surface area (Å²) in [4.78, 5) is 29.6. The van der Waals surface area contributed by atoms with E-state index in [1.165, 1.54) is 16.4 Å². The second kappa shape index (κ2) is 11.5. The number of benzene rings is 2. The first-order valence-electron chi connectivity index (χ1n) is 11.9. The van der Waals surface area contributed by atoms with E-state index in [-0.39, 0.29) is 29.7 Å². The van der Waals surface area contributed by atoms with Crippen molar-refractivity contribution < 1.29 is 18.0 Å². The number of rotatable bonds is 10. The molecule has 1 unspecified atom stereocenters. The summed E-state index contributed by atoms with van der Waals surface area (Å²) in [6, 6.07) is 15.5. The van der Waals surface area contributed by atoms with Gasteiger partial charge in [-0.2, -0.15) is 9.57 Å². The number of anilines is 1. The van der Waals surface area contributed by atoms with E-state index in [0.717, 1.165) is 12.0 Å². The first-order valence-corrected chi connectivity index (χ1v) is 13.4. The van der Waals surface area contributed by atoms with Gasteiger partial charge in [-0.05, 0) is 48.4 Å². The Morgan fingerprint density at radius 1 is 1.06 bits per heavy atom. The maximum absolute atomic E-state index is 13.3. The van der Waals surface area contributed by atoms with E-state index < -0.39 is 15.9 Å². The van der Waals surface area contributed by atoms with Crippen molar-refractivity contribution in [2.24, 2.45) is 5.92 Å². The molecule has 1 heterocycles. The zero-order chi connectivity index (χ0) is 25.6. The molecule has 1 fully saturated rings. The quantitative estimate of drug-likeness (QED) is 0.502. The molecule has 1 aliphatic rings. The van der Waals surface area contributed by atoms with Gasteiger partial charge in [-0.3, -0.25) is 9.59 Å². The van der Waals surface area contributed by atoms with Crippen LogP contribution >= 0.6 is 0 Å². The molecule has 2 aromatic carbocycles. The fraction of sp³-hybridized carbons (Fsp3) is 0.423. The molecular formula is C26H32N4O4S. The Hall–Kier alpha value is -3.22. The maximum atomic E-state index is 13.3. The third-order valence-corrected chi connectivity index (χ3v) is 8.29. The molecule has 0 bridgehead atoms. The van der Waals surface area contributed by atoms with Gasteiger partial charge in [0.15, 0.2) is 0 Å². The highest BCUT2D eigenvalue weighted by molar-refractivity contribution is 7.89. The Labute approximate surface area is 207 Å². The van der Waals surface area contributed by atoms with Gasteiger partial charge in [0.05, 0.1) is 22.4 Å². The lowest BCUT2D eigenvalue weighted by molar-refractivity contribution is -0.136. The number of carbonyl (C=O) groups excluding carboxylic acids is 2. The Morgan fingerprint density at radius 2 is 1.69 bits per heavy atom. The molecule has 0 spiro atoms. The van der Waals surface area contributed by atoms with Gasteiger partial charge < -0.3 is 9.80 Å². The molecule has 35 heavy (non-hydrogen) atoms. The number of carbonyl (C=O) groups is 2. The number of nitriles is 1. The molecule has 0 aromatic heterocycles. The largest absolute Gasteiger partial charge is 0.338 e. The van der Waals surface area contributed by atoms with Crippen molar-refractivity contribution in [2.45, 2.75) is 45.1 Å². The molecule has 2 amide bonds. The topological polar surface area (TPSA) is 102 Å². The first kappa shape index (κ1) is 26.4. The molecular weight excluding hydrogens is 464 g/mol. The third kappa shape index (κ3) is 5.89. The Balaban J connectivity index is 1.73. The minimum atomic E-state index is -3.58. The van der Waals surface area contributed by atoms with E-state index in [1.54, 1.807) is 47.9 Å². The van der Waals surface area contributed by atoms with Gasteiger partial charge in [0.2, 0.25) is 21.8 Å². The van der Waals surface area contributed by atoms with Crippen LogP contribution in [0.4, 0.5) is 5.69 Å². The van der Waals surface area contributed by atoms with Crippen molar-refractivity contribution in [3.63, 3.8) is 0 Å². The molecule has 0 aliphatic carbocycles. The second-order valence-electron chi connectivity index (χ2n) is 8.56. The van der Waals surface area contributed by atoms with E-state index in [9.17, 15) is 18.0 Å². The van der Waals surface area contributed by atoms with Gasteiger partial charge in [-0.15, -0.1) is 0 Å². The summed E-state index contributed by atoms with van der Waals surface area (Å²) in [5.41, 5.74) is 2.07. The predicted octanol–water partition coefficient (Wildman–Crippen LogP) is 3.38. The van der Waals surface area contributed by atoms with Crippen LogP contribution in [0.3, 0.4) is 0 Å². The summed E-state index contributed by atoms with van der Waals surface area (Å²) in [6.07, 6.45) is 0.904. The van der Waals surface area contributed by atoms with Crippen LogP contribution in [0.1, 0.15) is 44.7 Å². The zero-order valence-electron chi connectivity index (χ0n) is 20.5. The van der Waals surface area contributed by atoms with Crippen molar-refractivity contribution in [1.29, 1.82) is 5.26 Å². The molecule has 186 valence electrons. The zero-order valence-corrected chi connectivity index (χ0v) is 21.3. The number of amides is 2. The SMILES string of the molecule is CCCN(Cc1ccc(C#N)cc1)C(=O)C1CC(=O)N(c2ccc(S(=O)(=O)N(CC)CC)cc2)C1. The third-order valence-electron chi connectivity index (χ3n) is 6.23. The van der Waals surface area contributed by atoms with Crippen LogP contribution in [-0.4, -0.2) is 55.6 Å². The molecule has 8 nitrogen and oxygen atoms in total. The molecule has 1 saturated heterocycles. The van der Waals surface area contributed by atoms with E-state index in [2.05, 4.69) is 6.07 Å². The Bertz CT molecular complexity index is 1180. The minimum absolute atomic E-state index is 0.0761. The molecule has 9 heteroatoms. The summed E-state index contributed by atoms with van der Waals surface area (Å²) in [6.45, 7) is 7.59. The van der Waals surface area contributed by atoms with Crippen molar-refractivity contribution in [3.8, 4) is 6.07 Å². The molecule has 0 radical (unpaired) electrons. The summed E-state index contributed by atoms with van der Waals surface area (Å²) >= 11 is 0. The van der Waals surface area contributed by atoms with Crippen LogP contribution in [0, 0.1) is 17.2 Å². The molecule has 1 atom stereocenters. The van der Waals surface area contributed by atoms with Crippen molar-refractivity contribution in [3.05, 3.63) is 59.7 Å². The van der Waals surface area contributed by atoms with Crippen LogP contribution in [0.2, 0.25) is 0 Å². The van der Waals surface area contributed by atoms with Gasteiger partial charge in [0, 0.05) is 44.8 Å². The van der Waals surface area contributed by atoms with Crippen molar-refractivity contribution in [1.82, 2.24) is 9.21 Å². The monoisotopic (exact) mass is 496 g/mol. The van der Waals surface area contributed by atoms with E-state index in [4.69, 9.17) is 5.26 Å². The smallest absolute Gasteiger partial charge is 0.243 e. The highest BCUT2D eigenvalue weighted by atomic mass is 32.2. The first-order chi connectivity index (χ1) is 16.7. The number of hydrogen-bond acceptors (Lipinski definition) is 5. The Kier molecular flexibility index (Phi) is 8.65. The number of hydrogen-bond donors (Lipinski definition) is 0. The van der Waals surface area contributed by atoms with Gasteiger partial charge in [0.1, 0.15) is 0 Å². The van der Waals surface area contributed by atoms with Crippen molar-refractivity contribution >= 4 is 27.5 Å². The fourth-order valence-corrected chi connectivity index (χ4v) is 5.79. The average molecular weight is 497 g/mol. The standard InChI is InChI=1S/C26H32N4O4S/c1-4-15-28(18-21-9-7-20(17-27)8-10-21)26(32)22-16-25(31)30(19-22)23-11-13-24(14-12-23)35(33,34)29(5-2)6-3/h7-14,22H,4-6,15-16,18-19H2,1-3H3. The van der Waals surface area contributed by atoms with E-state index in [0.29, 0.717) is 37.4 Å². The molecule has 0 N–H and O–H groups in total. The predicted molar refractivity (Wildman–Crippen MR) is 134 cm³/mol. The molecule has 1 aliphatic heterocycles. The minimum Gasteiger partial charge on any atom is -0.338 e. The summed E-state index contributed by atoms with van der Waals surface area (Å²) in [5, 5.41) is 8.99. The molecule has 2 aromatic rings. The van der Waals surface area contributed by atoms with Gasteiger partial charge in [0.25, 0.3) is 0 Å². The Morgan fingerprint density at radius 3 is 2.23 bits per heavy atom. The van der Waals surface area contributed by atoms with E-state index in [1.807, 2.05) is 19.1 Å². The van der Waals surface area contributed by atoms with Gasteiger partial charge in [-0.1, -0.05) is 32.9 Å². The van der Waals surface area contributed by atoms with Crippen LogP contribution in [0.5, 0.6) is 0 Å². The fourth-order valence-electron chi connectivity index (χ4n) is 4.33. The lowest BCUT2D eigenvalue weighted by atomic mass is 10.1. The number of nitrogens with zero attached hydrogens (tertiary/aromatic N) is 4. The van der Waals surface area contributed by atoms with Crippen LogP contribution in [-0.2, 0) is 26.2 Å². The average Bonchev–Trinajstić information content (AvgIpc) is 3.26.